The molecule has 0 bridgehead atoms. The Morgan fingerprint density at radius 2 is 2.00 bits per heavy atom. The van der Waals surface area contributed by atoms with Gasteiger partial charge in [-0.3, -0.25) is 4.79 Å². The van der Waals surface area contributed by atoms with E-state index in [1.165, 1.54) is 20.0 Å². The molecule has 0 aromatic rings. The fourth-order valence-corrected chi connectivity index (χ4v) is 2.67. The zero-order chi connectivity index (χ0) is 15.5. The number of amides is 2. The van der Waals surface area contributed by atoms with Gasteiger partial charge in [0.05, 0.1) is 7.11 Å². The average Bonchev–Trinajstić information content (AvgIpc) is 3.32. The Balaban J connectivity index is 1.72. The molecule has 21 heavy (non-hydrogen) atoms. The second-order valence-electron chi connectivity index (χ2n) is 5.97. The fourth-order valence-electron chi connectivity index (χ4n) is 2.67. The lowest BCUT2D eigenvalue weighted by Gasteiger charge is -2.18. The Kier molecular flexibility index (Phi) is 4.69. The third-order valence-electron chi connectivity index (χ3n) is 4.40. The van der Waals surface area contributed by atoms with Crippen LogP contribution >= 0.6 is 0 Å². The molecule has 2 rings (SSSR count). The molecule has 2 aliphatic carbocycles. The lowest BCUT2D eigenvalue weighted by molar-refractivity contribution is -0.142. The van der Waals surface area contributed by atoms with E-state index >= 15 is 0 Å². The van der Waals surface area contributed by atoms with E-state index in [2.05, 4.69) is 15.4 Å². The first-order chi connectivity index (χ1) is 9.97. The molecule has 0 radical (unpaired) electrons. The Bertz CT molecular complexity index is 429. The van der Waals surface area contributed by atoms with Crippen molar-refractivity contribution in [2.24, 2.45) is 11.3 Å². The van der Waals surface area contributed by atoms with Gasteiger partial charge in [-0.25, -0.2) is 9.59 Å². The summed E-state index contributed by atoms with van der Waals surface area (Å²) in [7, 11) is 1.24. The highest BCUT2D eigenvalue weighted by Crippen LogP contribution is 2.60. The number of nitrogens with one attached hydrogen (secondary N) is 2. The number of carboxylic acid groups (broad SMARTS) is 1. The molecular weight excluding hydrogens is 276 g/mol. The van der Waals surface area contributed by atoms with Crippen LogP contribution in [0.15, 0.2) is 0 Å². The van der Waals surface area contributed by atoms with Crippen LogP contribution in [0.25, 0.3) is 0 Å². The highest BCUT2D eigenvalue weighted by molar-refractivity contribution is 5.83. The zero-order valence-electron chi connectivity index (χ0n) is 12.2. The Labute approximate surface area is 123 Å². The average molecular weight is 298 g/mol. The molecule has 0 unspecified atom stereocenters. The van der Waals surface area contributed by atoms with Crippen LogP contribution in [-0.2, 0) is 14.3 Å². The summed E-state index contributed by atoms with van der Waals surface area (Å²) in [6.07, 6.45) is 4.73. The van der Waals surface area contributed by atoms with Crippen LogP contribution in [0.3, 0.4) is 0 Å². The number of hydrogen-bond donors (Lipinski definition) is 3. The summed E-state index contributed by atoms with van der Waals surface area (Å²) < 4.78 is 4.46. The normalized spacial score (nSPS) is 20.2. The summed E-state index contributed by atoms with van der Waals surface area (Å²) in [6.45, 7) is 0.604. The van der Waals surface area contributed by atoms with Crippen molar-refractivity contribution in [2.75, 3.05) is 13.7 Å². The predicted octanol–water partition coefficient (Wildman–Crippen LogP) is 0.882. The van der Waals surface area contributed by atoms with Crippen LogP contribution in [-0.4, -0.2) is 42.8 Å². The van der Waals surface area contributed by atoms with Gasteiger partial charge in [-0.2, -0.15) is 0 Å². The standard InChI is InChI=1S/C14H22N2O5/c1-21-11(17)5-4-10(12(18)19)16-13(20)15-8-14(6-7-14)9-2-3-9/h9-10H,2-8H2,1H3,(H,18,19)(H2,15,16,20)/t10-/m1/s1. The first-order valence-corrected chi connectivity index (χ1v) is 7.31. The number of carbonyl (C=O) groups excluding carboxylic acids is 2. The smallest absolute Gasteiger partial charge is 0.326 e. The molecule has 2 fully saturated rings. The first-order valence-electron chi connectivity index (χ1n) is 7.31. The molecule has 7 heteroatoms. The minimum absolute atomic E-state index is 0.0171. The molecule has 3 N–H and O–H groups in total. The van der Waals surface area contributed by atoms with E-state index in [0.29, 0.717) is 6.54 Å². The molecule has 0 heterocycles. The number of hydrogen-bond acceptors (Lipinski definition) is 4. The van der Waals surface area contributed by atoms with Crippen LogP contribution < -0.4 is 10.6 Å². The molecular formula is C14H22N2O5. The van der Waals surface area contributed by atoms with E-state index < -0.39 is 24.0 Å². The summed E-state index contributed by atoms with van der Waals surface area (Å²) in [5, 5.41) is 14.2. The van der Waals surface area contributed by atoms with Crippen LogP contribution in [0.4, 0.5) is 4.79 Å². The number of aliphatic carboxylic acids is 1. The highest BCUT2D eigenvalue weighted by atomic mass is 16.5. The molecule has 2 amide bonds. The summed E-state index contributed by atoms with van der Waals surface area (Å²) >= 11 is 0. The van der Waals surface area contributed by atoms with Crippen LogP contribution in [0.5, 0.6) is 0 Å². The van der Waals surface area contributed by atoms with Crippen molar-refractivity contribution in [2.45, 2.75) is 44.6 Å². The number of urea groups is 1. The van der Waals surface area contributed by atoms with Gasteiger partial charge in [-0.1, -0.05) is 0 Å². The predicted molar refractivity (Wildman–Crippen MR) is 73.6 cm³/mol. The monoisotopic (exact) mass is 298 g/mol. The van der Waals surface area contributed by atoms with Gasteiger partial charge >= 0.3 is 18.0 Å². The van der Waals surface area contributed by atoms with Gasteiger partial charge in [0.2, 0.25) is 0 Å². The van der Waals surface area contributed by atoms with Crippen LogP contribution in [0.2, 0.25) is 0 Å². The van der Waals surface area contributed by atoms with Gasteiger partial charge in [-0.15, -0.1) is 0 Å². The number of methoxy groups -OCH3 is 1. The Morgan fingerprint density at radius 3 is 2.48 bits per heavy atom. The molecule has 0 spiro atoms. The SMILES string of the molecule is COC(=O)CC[C@@H](NC(=O)NCC1(C2CC2)CC1)C(=O)O. The summed E-state index contributed by atoms with van der Waals surface area (Å²) in [5.41, 5.74) is 0.266. The van der Waals surface area contributed by atoms with Crippen molar-refractivity contribution < 1.29 is 24.2 Å². The number of ether oxygens (including phenoxy) is 1. The van der Waals surface area contributed by atoms with Gasteiger partial charge in [-0.05, 0) is 43.4 Å². The second kappa shape index (κ2) is 6.32. The third kappa shape index (κ3) is 4.34. The first kappa shape index (κ1) is 15.6. The van der Waals surface area contributed by atoms with Gasteiger partial charge < -0.3 is 20.5 Å². The van der Waals surface area contributed by atoms with Crippen molar-refractivity contribution in [3.05, 3.63) is 0 Å². The molecule has 0 aromatic carbocycles. The molecule has 118 valence electrons. The molecule has 2 saturated carbocycles. The molecule has 1 atom stereocenters. The van der Waals surface area contributed by atoms with Crippen molar-refractivity contribution in [3.63, 3.8) is 0 Å². The van der Waals surface area contributed by atoms with E-state index in [4.69, 9.17) is 5.11 Å². The Morgan fingerprint density at radius 1 is 1.33 bits per heavy atom. The minimum Gasteiger partial charge on any atom is -0.480 e. The van der Waals surface area contributed by atoms with Crippen LogP contribution in [0, 0.1) is 11.3 Å². The summed E-state index contributed by atoms with van der Waals surface area (Å²) in [5.74, 6) is -0.918. The van der Waals surface area contributed by atoms with Crippen molar-refractivity contribution >= 4 is 18.0 Å². The molecule has 0 aliphatic heterocycles. The van der Waals surface area contributed by atoms with Gasteiger partial charge in [0, 0.05) is 13.0 Å². The van der Waals surface area contributed by atoms with Crippen molar-refractivity contribution in [1.82, 2.24) is 10.6 Å². The van der Waals surface area contributed by atoms with E-state index in [1.54, 1.807) is 0 Å². The lowest BCUT2D eigenvalue weighted by Crippen LogP contribution is -2.47. The highest BCUT2D eigenvalue weighted by Gasteiger charge is 2.53. The third-order valence-corrected chi connectivity index (χ3v) is 4.40. The van der Waals surface area contributed by atoms with Crippen molar-refractivity contribution in [3.8, 4) is 0 Å². The fraction of sp³-hybridized carbons (Fsp3) is 0.786. The van der Waals surface area contributed by atoms with Crippen LogP contribution in [0.1, 0.15) is 38.5 Å². The number of carboxylic acids is 1. The van der Waals surface area contributed by atoms with E-state index in [1.807, 2.05) is 0 Å². The molecule has 7 nitrogen and oxygen atoms in total. The maximum absolute atomic E-state index is 11.8. The topological polar surface area (TPSA) is 105 Å². The zero-order valence-corrected chi connectivity index (χ0v) is 12.2. The molecule has 0 aromatic heterocycles. The Hall–Kier alpha value is -1.79. The quantitative estimate of drug-likeness (QED) is 0.577. The van der Waals surface area contributed by atoms with Gasteiger partial charge in [0.25, 0.3) is 0 Å². The number of rotatable bonds is 8. The van der Waals surface area contributed by atoms with Gasteiger partial charge in [0.1, 0.15) is 6.04 Å². The lowest BCUT2D eigenvalue weighted by atomic mass is 10.0. The van der Waals surface area contributed by atoms with Crippen molar-refractivity contribution in [1.29, 1.82) is 0 Å². The molecule has 0 saturated heterocycles. The maximum atomic E-state index is 11.8. The second-order valence-corrected chi connectivity index (χ2v) is 5.97. The largest absolute Gasteiger partial charge is 0.480 e. The van der Waals surface area contributed by atoms with Gasteiger partial charge in [0.15, 0.2) is 0 Å². The summed E-state index contributed by atoms with van der Waals surface area (Å²) in [4.78, 5) is 33.9. The maximum Gasteiger partial charge on any atom is 0.326 e. The van der Waals surface area contributed by atoms with E-state index in [0.717, 1.165) is 18.8 Å². The van der Waals surface area contributed by atoms with E-state index in [-0.39, 0.29) is 18.3 Å². The number of carbonyl (C=O) groups is 3. The summed E-state index contributed by atoms with van der Waals surface area (Å²) in [6, 6.07) is -1.57. The minimum atomic E-state index is -1.16. The van der Waals surface area contributed by atoms with E-state index in [9.17, 15) is 14.4 Å². The number of esters is 1. The molecule has 2 aliphatic rings.